The number of hydrogen-bond acceptors (Lipinski definition) is 2. The lowest BCUT2D eigenvalue weighted by Crippen LogP contribution is -2.33. The number of nitrogens with zero attached hydrogens (tertiary/aromatic N) is 1. The van der Waals surface area contributed by atoms with E-state index in [0.29, 0.717) is 17.4 Å². The van der Waals surface area contributed by atoms with Gasteiger partial charge in [-0.3, -0.25) is 0 Å². The van der Waals surface area contributed by atoms with Crippen LogP contribution in [0, 0.1) is 5.92 Å². The molecule has 0 radical (unpaired) electrons. The average Bonchev–Trinajstić information content (AvgIpc) is 2.59. The molecule has 1 aromatic rings. The fourth-order valence-electron chi connectivity index (χ4n) is 2.34. The SMILES string of the molecule is CC1CC(C)N(S(=O)(=O)c2ccc(Br)cc2)C1. The van der Waals surface area contributed by atoms with Gasteiger partial charge in [0.2, 0.25) is 10.0 Å². The number of sulfonamides is 1. The van der Waals surface area contributed by atoms with Crippen molar-refractivity contribution in [2.75, 3.05) is 6.54 Å². The highest BCUT2D eigenvalue weighted by atomic mass is 79.9. The lowest BCUT2D eigenvalue weighted by molar-refractivity contribution is 0.405. The molecule has 0 spiro atoms. The van der Waals surface area contributed by atoms with Gasteiger partial charge in [-0.2, -0.15) is 4.31 Å². The van der Waals surface area contributed by atoms with Gasteiger partial charge in [0.05, 0.1) is 4.90 Å². The maximum absolute atomic E-state index is 12.4. The second-order valence-electron chi connectivity index (χ2n) is 4.72. The van der Waals surface area contributed by atoms with Gasteiger partial charge in [0, 0.05) is 17.1 Å². The van der Waals surface area contributed by atoms with E-state index in [4.69, 9.17) is 0 Å². The zero-order valence-electron chi connectivity index (χ0n) is 9.93. The first-order chi connectivity index (χ1) is 7.91. The van der Waals surface area contributed by atoms with Gasteiger partial charge in [0.25, 0.3) is 0 Å². The molecule has 0 aliphatic carbocycles. The molecule has 1 fully saturated rings. The van der Waals surface area contributed by atoms with E-state index in [0.717, 1.165) is 10.9 Å². The van der Waals surface area contributed by atoms with Crippen LogP contribution in [0.3, 0.4) is 0 Å². The van der Waals surface area contributed by atoms with E-state index in [2.05, 4.69) is 22.9 Å². The smallest absolute Gasteiger partial charge is 0.207 e. The lowest BCUT2D eigenvalue weighted by Gasteiger charge is -2.20. The van der Waals surface area contributed by atoms with E-state index < -0.39 is 10.0 Å². The van der Waals surface area contributed by atoms with Crippen molar-refractivity contribution in [2.24, 2.45) is 5.92 Å². The first-order valence-corrected chi connectivity index (χ1v) is 7.92. The van der Waals surface area contributed by atoms with Crippen LogP contribution in [0.4, 0.5) is 0 Å². The van der Waals surface area contributed by atoms with Crippen molar-refractivity contribution in [1.29, 1.82) is 0 Å². The molecule has 1 aromatic carbocycles. The van der Waals surface area contributed by atoms with Crippen molar-refractivity contribution >= 4 is 26.0 Å². The predicted octanol–water partition coefficient (Wildman–Crippen LogP) is 2.87. The van der Waals surface area contributed by atoms with E-state index in [9.17, 15) is 8.42 Å². The van der Waals surface area contributed by atoms with Crippen LogP contribution in [0.15, 0.2) is 33.6 Å². The summed E-state index contributed by atoms with van der Waals surface area (Å²) in [6.45, 7) is 4.69. The maximum Gasteiger partial charge on any atom is 0.243 e. The molecule has 2 atom stereocenters. The van der Waals surface area contributed by atoms with Crippen molar-refractivity contribution in [3.63, 3.8) is 0 Å². The molecule has 1 aliphatic rings. The van der Waals surface area contributed by atoms with Crippen molar-refractivity contribution in [3.05, 3.63) is 28.7 Å². The van der Waals surface area contributed by atoms with Gasteiger partial charge in [-0.25, -0.2) is 8.42 Å². The Morgan fingerprint density at radius 2 is 1.82 bits per heavy atom. The summed E-state index contributed by atoms with van der Waals surface area (Å²) in [7, 11) is -3.33. The quantitative estimate of drug-likeness (QED) is 0.841. The van der Waals surface area contributed by atoms with E-state index in [-0.39, 0.29) is 6.04 Å². The minimum Gasteiger partial charge on any atom is -0.207 e. The Bertz CT molecular complexity index is 498. The van der Waals surface area contributed by atoms with Crippen LogP contribution in [0.1, 0.15) is 20.3 Å². The molecule has 3 nitrogen and oxygen atoms in total. The molecule has 17 heavy (non-hydrogen) atoms. The minimum absolute atomic E-state index is 0.0960. The van der Waals surface area contributed by atoms with Gasteiger partial charge >= 0.3 is 0 Å². The largest absolute Gasteiger partial charge is 0.243 e. The third-order valence-electron chi connectivity index (χ3n) is 3.15. The minimum atomic E-state index is -3.33. The van der Waals surface area contributed by atoms with E-state index in [1.807, 2.05) is 6.92 Å². The van der Waals surface area contributed by atoms with Crippen LogP contribution in [0.5, 0.6) is 0 Å². The fraction of sp³-hybridized carbons (Fsp3) is 0.500. The first-order valence-electron chi connectivity index (χ1n) is 5.68. The second-order valence-corrected chi connectivity index (χ2v) is 7.52. The lowest BCUT2D eigenvalue weighted by atomic mass is 10.1. The Hall–Kier alpha value is -0.390. The zero-order chi connectivity index (χ0) is 12.6. The van der Waals surface area contributed by atoms with Crippen LogP contribution < -0.4 is 0 Å². The van der Waals surface area contributed by atoms with Crippen molar-refractivity contribution in [1.82, 2.24) is 4.31 Å². The monoisotopic (exact) mass is 317 g/mol. The van der Waals surface area contributed by atoms with Crippen molar-refractivity contribution < 1.29 is 8.42 Å². The standard InChI is InChI=1S/C12H16BrNO2S/c1-9-7-10(2)14(8-9)17(15,16)12-5-3-11(13)4-6-12/h3-6,9-10H,7-8H2,1-2H3. The highest BCUT2D eigenvalue weighted by molar-refractivity contribution is 9.10. The molecule has 94 valence electrons. The van der Waals surface area contributed by atoms with Gasteiger partial charge in [-0.1, -0.05) is 22.9 Å². The van der Waals surface area contributed by atoms with Crippen LogP contribution in [-0.2, 0) is 10.0 Å². The van der Waals surface area contributed by atoms with Gasteiger partial charge in [0.15, 0.2) is 0 Å². The summed E-state index contributed by atoms with van der Waals surface area (Å²) in [5, 5.41) is 0. The third-order valence-corrected chi connectivity index (χ3v) is 5.67. The summed E-state index contributed by atoms with van der Waals surface area (Å²) in [5.41, 5.74) is 0. The Balaban J connectivity index is 2.33. The Kier molecular flexibility index (Phi) is 3.61. The Morgan fingerprint density at radius 1 is 1.24 bits per heavy atom. The molecule has 2 rings (SSSR count). The second kappa shape index (κ2) is 4.71. The molecule has 0 bridgehead atoms. The molecule has 5 heteroatoms. The number of benzene rings is 1. The normalized spacial score (nSPS) is 26.3. The molecular formula is C12H16BrNO2S. The fourth-order valence-corrected chi connectivity index (χ4v) is 4.36. The zero-order valence-corrected chi connectivity index (χ0v) is 12.3. The molecule has 0 amide bonds. The molecule has 1 heterocycles. The van der Waals surface area contributed by atoms with E-state index >= 15 is 0 Å². The van der Waals surface area contributed by atoms with Crippen LogP contribution in [0.2, 0.25) is 0 Å². The molecule has 0 aromatic heterocycles. The number of rotatable bonds is 2. The Morgan fingerprint density at radius 3 is 2.29 bits per heavy atom. The maximum atomic E-state index is 12.4. The summed E-state index contributed by atoms with van der Waals surface area (Å²) in [6, 6.07) is 6.91. The molecular weight excluding hydrogens is 302 g/mol. The molecule has 0 N–H and O–H groups in total. The Labute approximate surface area is 111 Å². The molecule has 1 saturated heterocycles. The summed E-state index contributed by atoms with van der Waals surface area (Å²) in [5.74, 6) is 0.440. The van der Waals surface area contributed by atoms with E-state index in [1.54, 1.807) is 28.6 Å². The molecule has 2 unspecified atom stereocenters. The summed E-state index contributed by atoms with van der Waals surface area (Å²) in [4.78, 5) is 0.377. The van der Waals surface area contributed by atoms with Gasteiger partial charge < -0.3 is 0 Å². The van der Waals surface area contributed by atoms with Gasteiger partial charge in [0.1, 0.15) is 0 Å². The van der Waals surface area contributed by atoms with Crippen LogP contribution >= 0.6 is 15.9 Å². The first kappa shape index (κ1) is 13.1. The van der Waals surface area contributed by atoms with Crippen molar-refractivity contribution in [2.45, 2.75) is 31.2 Å². The number of halogens is 1. The van der Waals surface area contributed by atoms with Crippen molar-refractivity contribution in [3.8, 4) is 0 Å². The predicted molar refractivity (Wildman–Crippen MR) is 71.3 cm³/mol. The molecule has 0 saturated carbocycles. The summed E-state index contributed by atoms with van der Waals surface area (Å²) < 4.78 is 27.3. The molecule has 1 aliphatic heterocycles. The van der Waals surface area contributed by atoms with Crippen LogP contribution in [-0.4, -0.2) is 25.3 Å². The highest BCUT2D eigenvalue weighted by Gasteiger charge is 2.35. The van der Waals surface area contributed by atoms with Crippen LogP contribution in [0.25, 0.3) is 0 Å². The van der Waals surface area contributed by atoms with E-state index in [1.165, 1.54) is 0 Å². The summed E-state index contributed by atoms with van der Waals surface area (Å²) >= 11 is 3.31. The van der Waals surface area contributed by atoms with Gasteiger partial charge in [-0.05, 0) is 43.5 Å². The summed E-state index contributed by atoms with van der Waals surface area (Å²) in [6.07, 6.45) is 0.940. The number of hydrogen-bond donors (Lipinski definition) is 0. The average molecular weight is 318 g/mol. The third kappa shape index (κ3) is 2.56. The topological polar surface area (TPSA) is 37.4 Å². The van der Waals surface area contributed by atoms with Gasteiger partial charge in [-0.15, -0.1) is 0 Å². The highest BCUT2D eigenvalue weighted by Crippen LogP contribution is 2.29.